The highest BCUT2D eigenvalue weighted by atomic mass is 16.3. The molecule has 0 spiro atoms. The Labute approximate surface area is 154 Å². The third-order valence-corrected chi connectivity index (χ3v) is 4.48. The van der Waals surface area contributed by atoms with Crippen LogP contribution in [0.2, 0.25) is 0 Å². The SMILES string of the molecule is O=C(NCCCc1ccccc1)C(O)(c1ccccc1)c1ccccc1. The zero-order chi connectivity index (χ0) is 18.2. The smallest absolute Gasteiger partial charge is 0.261 e. The molecule has 0 saturated carbocycles. The molecule has 26 heavy (non-hydrogen) atoms. The second-order valence-electron chi connectivity index (χ2n) is 6.29. The van der Waals surface area contributed by atoms with Gasteiger partial charge in [-0.1, -0.05) is 91.0 Å². The molecule has 0 aromatic heterocycles. The van der Waals surface area contributed by atoms with Gasteiger partial charge >= 0.3 is 0 Å². The lowest BCUT2D eigenvalue weighted by Crippen LogP contribution is -2.45. The van der Waals surface area contributed by atoms with Crippen molar-refractivity contribution >= 4 is 5.91 Å². The van der Waals surface area contributed by atoms with Crippen LogP contribution >= 0.6 is 0 Å². The van der Waals surface area contributed by atoms with Crippen molar-refractivity contribution in [2.75, 3.05) is 6.54 Å². The van der Waals surface area contributed by atoms with Gasteiger partial charge in [-0.3, -0.25) is 4.79 Å². The van der Waals surface area contributed by atoms with E-state index < -0.39 is 11.5 Å². The minimum Gasteiger partial charge on any atom is -0.372 e. The van der Waals surface area contributed by atoms with E-state index in [0.29, 0.717) is 17.7 Å². The van der Waals surface area contributed by atoms with Gasteiger partial charge in [0, 0.05) is 6.54 Å². The van der Waals surface area contributed by atoms with Gasteiger partial charge in [0.1, 0.15) is 0 Å². The summed E-state index contributed by atoms with van der Waals surface area (Å²) in [6.45, 7) is 0.510. The second-order valence-corrected chi connectivity index (χ2v) is 6.29. The number of carbonyl (C=O) groups is 1. The van der Waals surface area contributed by atoms with E-state index in [1.807, 2.05) is 54.6 Å². The summed E-state index contributed by atoms with van der Waals surface area (Å²) < 4.78 is 0. The maximum Gasteiger partial charge on any atom is 0.261 e. The van der Waals surface area contributed by atoms with Crippen LogP contribution in [0, 0.1) is 0 Å². The first-order chi connectivity index (χ1) is 12.7. The van der Waals surface area contributed by atoms with E-state index in [0.717, 1.165) is 12.8 Å². The molecule has 3 rings (SSSR count). The van der Waals surface area contributed by atoms with Crippen molar-refractivity contribution in [2.45, 2.75) is 18.4 Å². The molecule has 0 unspecified atom stereocenters. The van der Waals surface area contributed by atoms with E-state index in [2.05, 4.69) is 17.4 Å². The Hall–Kier alpha value is -2.91. The van der Waals surface area contributed by atoms with Crippen molar-refractivity contribution < 1.29 is 9.90 Å². The summed E-state index contributed by atoms with van der Waals surface area (Å²) in [6, 6.07) is 28.3. The Bertz CT molecular complexity index is 777. The fraction of sp³-hybridized carbons (Fsp3) is 0.174. The lowest BCUT2D eigenvalue weighted by molar-refractivity contribution is -0.136. The average molecular weight is 345 g/mol. The minimum absolute atomic E-state index is 0.400. The van der Waals surface area contributed by atoms with Crippen molar-refractivity contribution in [2.24, 2.45) is 0 Å². The number of rotatable bonds is 7. The summed E-state index contributed by atoms with van der Waals surface area (Å²) in [6.07, 6.45) is 1.70. The van der Waals surface area contributed by atoms with Gasteiger partial charge < -0.3 is 10.4 Å². The Balaban J connectivity index is 1.72. The number of hydrogen-bond donors (Lipinski definition) is 2. The molecule has 3 aromatic carbocycles. The number of benzene rings is 3. The van der Waals surface area contributed by atoms with Crippen LogP contribution in [0.3, 0.4) is 0 Å². The lowest BCUT2D eigenvalue weighted by Gasteiger charge is -2.28. The van der Waals surface area contributed by atoms with Crippen LogP contribution in [0.1, 0.15) is 23.1 Å². The van der Waals surface area contributed by atoms with Crippen LogP contribution in [0.5, 0.6) is 0 Å². The van der Waals surface area contributed by atoms with E-state index in [9.17, 15) is 9.90 Å². The van der Waals surface area contributed by atoms with E-state index in [-0.39, 0.29) is 0 Å². The third kappa shape index (κ3) is 4.01. The number of aliphatic hydroxyl groups is 1. The Morgan fingerprint density at radius 1 is 0.769 bits per heavy atom. The highest BCUT2D eigenvalue weighted by Crippen LogP contribution is 2.29. The average Bonchev–Trinajstić information content (AvgIpc) is 2.72. The van der Waals surface area contributed by atoms with Gasteiger partial charge in [0.2, 0.25) is 0 Å². The molecular weight excluding hydrogens is 322 g/mol. The molecule has 0 heterocycles. The molecule has 0 radical (unpaired) electrons. The van der Waals surface area contributed by atoms with Crippen molar-refractivity contribution in [3.8, 4) is 0 Å². The minimum atomic E-state index is -1.70. The molecule has 0 fully saturated rings. The molecular formula is C23H23NO2. The number of aryl methyl sites for hydroxylation is 1. The maximum atomic E-state index is 12.9. The molecule has 0 aliphatic heterocycles. The Morgan fingerprint density at radius 3 is 1.73 bits per heavy atom. The molecule has 0 atom stereocenters. The van der Waals surface area contributed by atoms with Crippen LogP contribution < -0.4 is 5.32 Å². The molecule has 0 bridgehead atoms. The number of amides is 1. The first-order valence-corrected chi connectivity index (χ1v) is 8.87. The van der Waals surface area contributed by atoms with Crippen LogP contribution in [0.25, 0.3) is 0 Å². The normalized spacial score (nSPS) is 11.1. The van der Waals surface area contributed by atoms with E-state index in [1.54, 1.807) is 24.3 Å². The largest absolute Gasteiger partial charge is 0.372 e. The Kier molecular flexibility index (Phi) is 5.82. The fourth-order valence-corrected chi connectivity index (χ4v) is 3.05. The molecule has 3 aromatic rings. The van der Waals surface area contributed by atoms with Crippen LogP contribution in [-0.4, -0.2) is 17.6 Å². The summed E-state index contributed by atoms with van der Waals surface area (Å²) >= 11 is 0. The first-order valence-electron chi connectivity index (χ1n) is 8.87. The number of hydrogen-bond acceptors (Lipinski definition) is 2. The van der Waals surface area contributed by atoms with Crippen LogP contribution in [0.4, 0.5) is 0 Å². The van der Waals surface area contributed by atoms with Gasteiger partial charge in [-0.2, -0.15) is 0 Å². The van der Waals surface area contributed by atoms with Crippen molar-refractivity contribution in [1.29, 1.82) is 0 Å². The van der Waals surface area contributed by atoms with Crippen molar-refractivity contribution in [1.82, 2.24) is 5.32 Å². The summed E-state index contributed by atoms with van der Waals surface area (Å²) in [5.74, 6) is -0.400. The fourth-order valence-electron chi connectivity index (χ4n) is 3.05. The van der Waals surface area contributed by atoms with E-state index in [1.165, 1.54) is 5.56 Å². The second kappa shape index (κ2) is 8.45. The lowest BCUT2D eigenvalue weighted by atomic mass is 9.85. The first kappa shape index (κ1) is 17.9. The zero-order valence-electron chi connectivity index (χ0n) is 14.6. The standard InChI is InChI=1S/C23H23NO2/c25-22(24-18-10-13-19-11-4-1-5-12-19)23(26,20-14-6-2-7-15-20)21-16-8-3-9-17-21/h1-9,11-12,14-17,26H,10,13,18H2,(H,24,25). The number of carbonyl (C=O) groups excluding carboxylic acids is 1. The predicted octanol–water partition coefficient (Wildman–Crippen LogP) is 3.67. The van der Waals surface area contributed by atoms with Crippen molar-refractivity contribution in [3.05, 3.63) is 108 Å². The molecule has 0 aliphatic rings. The van der Waals surface area contributed by atoms with Crippen molar-refractivity contribution in [3.63, 3.8) is 0 Å². The number of nitrogens with one attached hydrogen (secondary N) is 1. The van der Waals surface area contributed by atoms with Crippen LogP contribution in [-0.2, 0) is 16.8 Å². The molecule has 3 nitrogen and oxygen atoms in total. The van der Waals surface area contributed by atoms with E-state index in [4.69, 9.17) is 0 Å². The molecule has 0 aliphatic carbocycles. The Morgan fingerprint density at radius 2 is 1.23 bits per heavy atom. The van der Waals surface area contributed by atoms with Gasteiger partial charge in [0.25, 0.3) is 5.91 Å². The van der Waals surface area contributed by atoms with Gasteiger partial charge in [0.05, 0.1) is 0 Å². The van der Waals surface area contributed by atoms with Gasteiger partial charge in [-0.25, -0.2) is 0 Å². The van der Waals surface area contributed by atoms with E-state index >= 15 is 0 Å². The quantitative estimate of drug-likeness (QED) is 0.642. The maximum absolute atomic E-state index is 12.9. The van der Waals surface area contributed by atoms with Gasteiger partial charge in [-0.15, -0.1) is 0 Å². The van der Waals surface area contributed by atoms with Gasteiger partial charge in [-0.05, 0) is 29.5 Å². The highest BCUT2D eigenvalue weighted by molar-refractivity contribution is 5.90. The molecule has 132 valence electrons. The third-order valence-electron chi connectivity index (χ3n) is 4.48. The highest BCUT2D eigenvalue weighted by Gasteiger charge is 2.39. The topological polar surface area (TPSA) is 49.3 Å². The predicted molar refractivity (Wildman–Crippen MR) is 104 cm³/mol. The summed E-state index contributed by atoms with van der Waals surface area (Å²) in [4.78, 5) is 12.9. The molecule has 3 heteroatoms. The van der Waals surface area contributed by atoms with Crippen LogP contribution in [0.15, 0.2) is 91.0 Å². The summed E-state index contributed by atoms with van der Waals surface area (Å²) in [7, 11) is 0. The van der Waals surface area contributed by atoms with Gasteiger partial charge in [0.15, 0.2) is 5.60 Å². The monoisotopic (exact) mass is 345 g/mol. The summed E-state index contributed by atoms with van der Waals surface area (Å²) in [5.41, 5.74) is 0.663. The summed E-state index contributed by atoms with van der Waals surface area (Å²) in [5, 5.41) is 14.2. The zero-order valence-corrected chi connectivity index (χ0v) is 14.6. The molecule has 0 saturated heterocycles. The molecule has 1 amide bonds. The molecule has 2 N–H and O–H groups in total.